The Labute approximate surface area is 118 Å². The van der Waals surface area contributed by atoms with Gasteiger partial charge in [0.05, 0.1) is 25.9 Å². The van der Waals surface area contributed by atoms with Gasteiger partial charge in [-0.25, -0.2) is 9.13 Å². The molecule has 0 aromatic heterocycles. The van der Waals surface area contributed by atoms with Crippen LogP contribution in [0.2, 0.25) is 0 Å². The van der Waals surface area contributed by atoms with Crippen molar-refractivity contribution >= 4 is 15.6 Å². The average molecular weight is 336 g/mol. The van der Waals surface area contributed by atoms with Crippen LogP contribution in [0.4, 0.5) is 0 Å². The van der Waals surface area contributed by atoms with Crippen LogP contribution in [0.5, 0.6) is 0 Å². The lowest BCUT2D eigenvalue weighted by atomic mass is 10.5. The highest BCUT2D eigenvalue weighted by Gasteiger charge is 2.23. The van der Waals surface area contributed by atoms with Crippen LogP contribution in [0.1, 0.15) is 26.7 Å². The standard InChI is InChI=1S/C9H22O9P2/c1-9(2)18-20(13,14)17-8-4-7-16-19(11,12)15-6-3-5-10/h9-10H,3-8H2,1-2H3,(H,11,12)(H,13,14). The van der Waals surface area contributed by atoms with Crippen LogP contribution in [-0.4, -0.2) is 47.4 Å². The van der Waals surface area contributed by atoms with Gasteiger partial charge >= 0.3 is 15.6 Å². The Hall–Kier alpha value is 0.180. The Morgan fingerprint density at radius 2 is 1.35 bits per heavy atom. The molecule has 0 heterocycles. The van der Waals surface area contributed by atoms with Gasteiger partial charge in [0.15, 0.2) is 0 Å². The molecule has 0 radical (unpaired) electrons. The highest BCUT2D eigenvalue weighted by Crippen LogP contribution is 2.45. The molecule has 122 valence electrons. The minimum Gasteiger partial charge on any atom is -0.396 e. The third-order valence-corrected chi connectivity index (χ3v) is 3.91. The van der Waals surface area contributed by atoms with Crippen LogP contribution in [0.25, 0.3) is 0 Å². The second-order valence-electron chi connectivity index (χ2n) is 4.02. The number of rotatable bonds is 12. The predicted molar refractivity (Wildman–Crippen MR) is 70.0 cm³/mol. The Bertz CT molecular complexity index is 346. The molecule has 9 nitrogen and oxygen atoms in total. The lowest BCUT2D eigenvalue weighted by Gasteiger charge is -2.15. The van der Waals surface area contributed by atoms with Gasteiger partial charge in [0.1, 0.15) is 0 Å². The second kappa shape index (κ2) is 10.00. The summed E-state index contributed by atoms with van der Waals surface area (Å²) in [6.45, 7) is 2.55. The summed E-state index contributed by atoms with van der Waals surface area (Å²) in [5, 5.41) is 8.48. The van der Waals surface area contributed by atoms with Crippen molar-refractivity contribution < 1.29 is 42.1 Å². The fourth-order valence-corrected chi connectivity index (χ4v) is 2.74. The van der Waals surface area contributed by atoms with Crippen LogP contribution in [0.15, 0.2) is 0 Å². The summed E-state index contributed by atoms with van der Waals surface area (Å²) in [6.07, 6.45) is -0.128. The molecule has 0 aliphatic rings. The molecule has 0 saturated carbocycles. The predicted octanol–water partition coefficient (Wildman–Crippen LogP) is 1.43. The van der Waals surface area contributed by atoms with Gasteiger partial charge in [-0.1, -0.05) is 0 Å². The van der Waals surface area contributed by atoms with Crippen molar-refractivity contribution in [2.24, 2.45) is 0 Å². The summed E-state index contributed by atoms with van der Waals surface area (Å²) in [5.41, 5.74) is 0. The molecule has 0 aliphatic heterocycles. The van der Waals surface area contributed by atoms with Crippen LogP contribution in [0, 0.1) is 0 Å². The van der Waals surface area contributed by atoms with Crippen molar-refractivity contribution in [3.63, 3.8) is 0 Å². The normalized spacial score (nSPS) is 17.9. The first-order valence-electron chi connectivity index (χ1n) is 6.07. The Morgan fingerprint density at radius 3 is 1.80 bits per heavy atom. The zero-order valence-corrected chi connectivity index (χ0v) is 13.3. The monoisotopic (exact) mass is 336 g/mol. The molecule has 0 amide bonds. The van der Waals surface area contributed by atoms with Gasteiger partial charge in [0.25, 0.3) is 0 Å². The van der Waals surface area contributed by atoms with Crippen molar-refractivity contribution in [3.8, 4) is 0 Å². The van der Waals surface area contributed by atoms with E-state index in [2.05, 4.69) is 18.1 Å². The Balaban J connectivity index is 3.75. The van der Waals surface area contributed by atoms with E-state index in [1.54, 1.807) is 13.8 Å². The lowest BCUT2D eigenvalue weighted by Crippen LogP contribution is -2.05. The maximum Gasteiger partial charge on any atom is 0.472 e. The smallest absolute Gasteiger partial charge is 0.396 e. The molecule has 2 atom stereocenters. The van der Waals surface area contributed by atoms with E-state index >= 15 is 0 Å². The number of aliphatic hydroxyl groups excluding tert-OH is 1. The molecule has 0 fully saturated rings. The van der Waals surface area contributed by atoms with Crippen LogP contribution in [0.3, 0.4) is 0 Å². The molecule has 0 bridgehead atoms. The van der Waals surface area contributed by atoms with Crippen molar-refractivity contribution in [1.82, 2.24) is 0 Å². The molecule has 3 N–H and O–H groups in total. The summed E-state index contributed by atoms with van der Waals surface area (Å²) in [6, 6.07) is 0. The van der Waals surface area contributed by atoms with E-state index in [-0.39, 0.29) is 39.3 Å². The third kappa shape index (κ3) is 12.0. The summed E-state index contributed by atoms with van der Waals surface area (Å²) in [4.78, 5) is 18.4. The zero-order valence-electron chi connectivity index (χ0n) is 11.5. The number of hydrogen-bond donors (Lipinski definition) is 3. The Morgan fingerprint density at radius 1 is 0.900 bits per heavy atom. The van der Waals surface area contributed by atoms with E-state index in [4.69, 9.17) is 5.11 Å². The van der Waals surface area contributed by atoms with Crippen LogP contribution >= 0.6 is 15.6 Å². The van der Waals surface area contributed by atoms with Crippen molar-refractivity contribution in [2.45, 2.75) is 32.8 Å². The lowest BCUT2D eigenvalue weighted by molar-refractivity contribution is 0.107. The number of phosphoric ester groups is 2. The highest BCUT2D eigenvalue weighted by molar-refractivity contribution is 7.47. The average Bonchev–Trinajstić information content (AvgIpc) is 2.26. The Kier molecular flexibility index (Phi) is 10.1. The van der Waals surface area contributed by atoms with Gasteiger partial charge in [-0.05, 0) is 26.7 Å². The number of hydrogen-bond acceptors (Lipinski definition) is 7. The van der Waals surface area contributed by atoms with E-state index in [0.717, 1.165) is 0 Å². The number of phosphoric acid groups is 2. The molecule has 11 heteroatoms. The minimum absolute atomic E-state index is 0.102. The van der Waals surface area contributed by atoms with Crippen LogP contribution in [-0.2, 0) is 27.2 Å². The summed E-state index contributed by atoms with van der Waals surface area (Å²) in [7, 11) is -8.25. The first kappa shape index (κ1) is 20.2. The van der Waals surface area contributed by atoms with Crippen LogP contribution < -0.4 is 0 Å². The van der Waals surface area contributed by atoms with Crippen molar-refractivity contribution in [3.05, 3.63) is 0 Å². The quantitative estimate of drug-likeness (QED) is 0.357. The first-order chi connectivity index (χ1) is 9.18. The van der Waals surface area contributed by atoms with Gasteiger partial charge in [-0.15, -0.1) is 0 Å². The SMILES string of the molecule is CC(C)OP(=O)(O)OCCCOP(=O)(O)OCCCO. The van der Waals surface area contributed by atoms with Gasteiger partial charge in [0, 0.05) is 6.61 Å². The molecular weight excluding hydrogens is 314 g/mol. The van der Waals surface area contributed by atoms with E-state index in [1.165, 1.54) is 0 Å². The van der Waals surface area contributed by atoms with E-state index in [9.17, 15) is 18.9 Å². The molecule has 20 heavy (non-hydrogen) atoms. The van der Waals surface area contributed by atoms with Gasteiger partial charge < -0.3 is 14.9 Å². The molecule has 0 aromatic rings. The molecular formula is C9H22O9P2. The van der Waals surface area contributed by atoms with Gasteiger partial charge in [0.2, 0.25) is 0 Å². The van der Waals surface area contributed by atoms with Gasteiger partial charge in [-0.3, -0.25) is 18.1 Å². The largest absolute Gasteiger partial charge is 0.472 e. The molecule has 0 aliphatic carbocycles. The fraction of sp³-hybridized carbons (Fsp3) is 1.00. The van der Waals surface area contributed by atoms with Crippen molar-refractivity contribution in [1.29, 1.82) is 0 Å². The van der Waals surface area contributed by atoms with Gasteiger partial charge in [-0.2, -0.15) is 0 Å². The first-order valence-corrected chi connectivity index (χ1v) is 9.06. The summed E-state index contributed by atoms with van der Waals surface area (Å²) >= 11 is 0. The summed E-state index contributed by atoms with van der Waals surface area (Å²) < 4.78 is 40.9. The highest BCUT2D eigenvalue weighted by atomic mass is 31.2. The maximum atomic E-state index is 11.3. The number of aliphatic hydroxyl groups is 1. The zero-order chi connectivity index (χ0) is 15.6. The fourth-order valence-electron chi connectivity index (χ4n) is 0.997. The molecule has 0 rings (SSSR count). The molecule has 0 saturated heterocycles. The van der Waals surface area contributed by atoms with E-state index in [0.29, 0.717) is 0 Å². The third-order valence-electron chi connectivity index (χ3n) is 1.70. The maximum absolute atomic E-state index is 11.3. The molecule has 2 unspecified atom stereocenters. The topological polar surface area (TPSA) is 132 Å². The van der Waals surface area contributed by atoms with E-state index < -0.39 is 21.7 Å². The van der Waals surface area contributed by atoms with Crippen molar-refractivity contribution in [2.75, 3.05) is 26.4 Å². The van der Waals surface area contributed by atoms with E-state index in [1.807, 2.05) is 0 Å². The molecule has 0 spiro atoms. The minimum atomic E-state index is -4.16. The molecule has 0 aromatic carbocycles. The second-order valence-corrected chi connectivity index (χ2v) is 6.88. The summed E-state index contributed by atoms with van der Waals surface area (Å²) in [5.74, 6) is 0.